The lowest BCUT2D eigenvalue weighted by atomic mass is 9.96. The highest BCUT2D eigenvalue weighted by Gasteiger charge is 2.55. The highest BCUT2D eigenvalue weighted by molar-refractivity contribution is 7.22. The third kappa shape index (κ3) is 3.66. The summed E-state index contributed by atoms with van der Waals surface area (Å²) in [5, 5.41) is 9.76. The first-order chi connectivity index (χ1) is 23.3. The van der Waals surface area contributed by atoms with Crippen LogP contribution in [0.15, 0.2) is 170 Å². The van der Waals surface area contributed by atoms with Crippen molar-refractivity contribution in [3.05, 3.63) is 170 Å². The number of hydrogen-bond acceptors (Lipinski definition) is 2. The summed E-state index contributed by atoms with van der Waals surface area (Å²) in [7, 11) is -3.07. The molecule has 0 aliphatic carbocycles. The zero-order valence-electron chi connectivity index (χ0n) is 25.5. The van der Waals surface area contributed by atoms with Crippen LogP contribution < -0.4 is 30.2 Å². The Morgan fingerprint density at radius 1 is 0.383 bits per heavy atom. The third-order valence-electron chi connectivity index (χ3n) is 9.93. The van der Waals surface area contributed by atoms with E-state index < -0.39 is 8.07 Å². The van der Waals surface area contributed by atoms with E-state index in [0.717, 1.165) is 45.3 Å². The van der Waals surface area contributed by atoms with E-state index in [2.05, 4.69) is 170 Å². The van der Waals surface area contributed by atoms with E-state index in [-0.39, 0.29) is 0 Å². The highest BCUT2D eigenvalue weighted by atomic mass is 28.3. The summed E-state index contributed by atoms with van der Waals surface area (Å²) >= 11 is 0. The Bertz CT molecular complexity index is 2360. The summed E-state index contributed by atoms with van der Waals surface area (Å²) in [4.78, 5) is 0. The van der Waals surface area contributed by atoms with Gasteiger partial charge in [0.05, 0.1) is 0 Å². The molecule has 0 saturated carbocycles. The molecule has 0 atom stereocenters. The van der Waals surface area contributed by atoms with Crippen LogP contribution in [0.2, 0.25) is 0 Å². The van der Waals surface area contributed by atoms with E-state index in [9.17, 15) is 0 Å². The molecule has 2 aliphatic rings. The van der Waals surface area contributed by atoms with Crippen LogP contribution >= 0.6 is 0 Å². The molecule has 47 heavy (non-hydrogen) atoms. The molecular formula is C44H28O2Si. The average molecular weight is 617 g/mol. The van der Waals surface area contributed by atoms with Gasteiger partial charge in [-0.25, -0.2) is 0 Å². The molecule has 0 amide bonds. The van der Waals surface area contributed by atoms with E-state index >= 15 is 0 Å². The first-order valence-electron chi connectivity index (χ1n) is 16.1. The normalized spacial score (nSPS) is 13.6. The molecule has 220 valence electrons. The van der Waals surface area contributed by atoms with Gasteiger partial charge in [-0.2, -0.15) is 0 Å². The van der Waals surface area contributed by atoms with Gasteiger partial charge in [0.2, 0.25) is 0 Å². The lowest BCUT2D eigenvalue weighted by Gasteiger charge is -2.44. The summed E-state index contributed by atoms with van der Waals surface area (Å²) in [6.45, 7) is 0. The van der Waals surface area contributed by atoms with Crippen LogP contribution in [-0.4, -0.2) is 8.07 Å². The molecule has 3 heteroatoms. The van der Waals surface area contributed by atoms with Gasteiger partial charge >= 0.3 is 0 Å². The molecule has 0 aromatic heterocycles. The van der Waals surface area contributed by atoms with Crippen molar-refractivity contribution in [3.8, 4) is 45.3 Å². The lowest BCUT2D eigenvalue weighted by molar-refractivity contribution is 0.466. The topological polar surface area (TPSA) is 18.5 Å². The molecule has 0 spiro atoms. The molecular weight excluding hydrogens is 589 g/mol. The highest BCUT2D eigenvalue weighted by Crippen LogP contribution is 2.48. The van der Waals surface area contributed by atoms with Crippen molar-refractivity contribution >= 4 is 50.4 Å². The molecule has 8 aromatic rings. The smallest absolute Gasteiger partial charge is 0.197 e. The SMILES string of the molecule is c1ccc(-c2c3c(cc4ccccc24)[Si]2(c4ccccc4)c4cc5ccccc5c(-c5ccccc5)c4Oc4cccc(c42)O3)cc1. The van der Waals surface area contributed by atoms with E-state index in [1.165, 1.54) is 42.3 Å². The molecule has 2 aliphatic heterocycles. The molecule has 0 N–H and O–H groups in total. The first-order valence-corrected chi connectivity index (χ1v) is 18.1. The van der Waals surface area contributed by atoms with Crippen LogP contribution in [0.5, 0.6) is 23.0 Å². The minimum Gasteiger partial charge on any atom is -0.457 e. The van der Waals surface area contributed by atoms with Crippen molar-refractivity contribution in [2.45, 2.75) is 0 Å². The van der Waals surface area contributed by atoms with Crippen molar-refractivity contribution < 1.29 is 9.47 Å². The fraction of sp³-hybridized carbons (Fsp3) is 0. The maximum absolute atomic E-state index is 7.14. The molecule has 10 rings (SSSR count). The summed E-state index contributed by atoms with van der Waals surface area (Å²) < 4.78 is 14.3. The predicted octanol–water partition coefficient (Wildman–Crippen LogP) is 8.92. The van der Waals surface area contributed by atoms with Crippen LogP contribution in [0, 0.1) is 0 Å². The van der Waals surface area contributed by atoms with Gasteiger partial charge in [0, 0.05) is 16.3 Å². The molecule has 0 fully saturated rings. The quantitative estimate of drug-likeness (QED) is 0.185. The van der Waals surface area contributed by atoms with Crippen LogP contribution in [0.4, 0.5) is 0 Å². The molecule has 2 heterocycles. The maximum Gasteiger partial charge on any atom is 0.197 e. The van der Waals surface area contributed by atoms with E-state index in [1.54, 1.807) is 0 Å². The Labute approximate surface area is 274 Å². The van der Waals surface area contributed by atoms with Crippen molar-refractivity contribution in [1.82, 2.24) is 0 Å². The Morgan fingerprint density at radius 2 is 0.809 bits per heavy atom. The third-order valence-corrected chi connectivity index (χ3v) is 14.7. The summed E-state index contributed by atoms with van der Waals surface area (Å²) in [6.07, 6.45) is 0. The first kappa shape index (κ1) is 26.3. The van der Waals surface area contributed by atoms with Gasteiger partial charge in [-0.1, -0.05) is 158 Å². The van der Waals surface area contributed by atoms with E-state index in [0.29, 0.717) is 0 Å². The minimum absolute atomic E-state index is 0.873. The zero-order valence-corrected chi connectivity index (χ0v) is 26.5. The maximum atomic E-state index is 7.14. The predicted molar refractivity (Wildman–Crippen MR) is 196 cm³/mol. The Morgan fingerprint density at radius 3 is 1.30 bits per heavy atom. The molecule has 0 radical (unpaired) electrons. The van der Waals surface area contributed by atoms with Crippen LogP contribution in [0.25, 0.3) is 43.8 Å². The van der Waals surface area contributed by atoms with Crippen molar-refractivity contribution in [2.75, 3.05) is 0 Å². The average Bonchev–Trinajstić information content (AvgIpc) is 3.14. The zero-order chi connectivity index (χ0) is 31.0. The van der Waals surface area contributed by atoms with E-state index in [4.69, 9.17) is 9.47 Å². The second kappa shape index (κ2) is 10.0. The van der Waals surface area contributed by atoms with Crippen LogP contribution in [0.3, 0.4) is 0 Å². The van der Waals surface area contributed by atoms with Gasteiger partial charge in [-0.3, -0.25) is 0 Å². The summed E-state index contributed by atoms with van der Waals surface area (Å²) in [6, 6.07) is 61.2. The van der Waals surface area contributed by atoms with Crippen LogP contribution in [0.1, 0.15) is 0 Å². The molecule has 0 saturated heterocycles. The number of rotatable bonds is 3. The molecule has 2 nitrogen and oxygen atoms in total. The molecule has 8 aromatic carbocycles. The van der Waals surface area contributed by atoms with Gasteiger partial charge in [0.1, 0.15) is 23.0 Å². The fourth-order valence-corrected chi connectivity index (χ4v) is 13.3. The van der Waals surface area contributed by atoms with Gasteiger partial charge in [0.25, 0.3) is 0 Å². The van der Waals surface area contributed by atoms with Crippen molar-refractivity contribution in [2.24, 2.45) is 0 Å². The van der Waals surface area contributed by atoms with Crippen LogP contribution in [-0.2, 0) is 0 Å². The monoisotopic (exact) mass is 616 g/mol. The Kier molecular flexibility index (Phi) is 5.63. The van der Waals surface area contributed by atoms with Gasteiger partial charge < -0.3 is 9.47 Å². The number of benzene rings is 8. The fourth-order valence-electron chi connectivity index (χ4n) is 8.04. The molecule has 0 bridgehead atoms. The Balaban J connectivity index is 1.45. The lowest BCUT2D eigenvalue weighted by Crippen LogP contribution is -2.77. The second-order valence-electron chi connectivity index (χ2n) is 12.4. The van der Waals surface area contributed by atoms with Gasteiger partial charge in [0.15, 0.2) is 8.07 Å². The standard InChI is InChI=1S/C44H28O2Si/c1-4-15-29(16-5-1)40-34-23-12-10-19-31(34)27-38-42(40)45-36-25-14-26-37-44(36)47(38,33-21-8-3-9-22-33)39-28-32-20-11-13-24-35(32)41(43(39)46-37)30-17-6-2-7-18-30/h1-28H. The molecule has 0 unspecified atom stereocenters. The number of fused-ring (bicyclic) bond motifs is 6. The van der Waals surface area contributed by atoms with Gasteiger partial charge in [-0.15, -0.1) is 0 Å². The Hall–Kier alpha value is -5.90. The second-order valence-corrected chi connectivity index (χ2v) is 16.0. The van der Waals surface area contributed by atoms with Crippen molar-refractivity contribution in [3.63, 3.8) is 0 Å². The summed E-state index contributed by atoms with van der Waals surface area (Å²) in [5.41, 5.74) is 4.56. The number of ether oxygens (including phenoxy) is 2. The van der Waals surface area contributed by atoms with Gasteiger partial charge in [-0.05, 0) is 60.4 Å². The minimum atomic E-state index is -3.07. The summed E-state index contributed by atoms with van der Waals surface area (Å²) in [5.74, 6) is 3.63. The van der Waals surface area contributed by atoms with Crippen molar-refractivity contribution in [1.29, 1.82) is 0 Å². The number of hydrogen-bond donors (Lipinski definition) is 0. The largest absolute Gasteiger partial charge is 0.457 e. The van der Waals surface area contributed by atoms with E-state index in [1.807, 2.05) is 0 Å².